The van der Waals surface area contributed by atoms with Gasteiger partial charge in [0.2, 0.25) is 5.91 Å². The smallest absolute Gasteiger partial charge is 0.243 e. The molecular formula is C11H17NO2Si. The Balaban J connectivity index is 2.75. The Morgan fingerprint density at radius 3 is 2.13 bits per heavy atom. The fourth-order valence-corrected chi connectivity index (χ4v) is 1.98. The van der Waals surface area contributed by atoms with Crippen LogP contribution in [0.1, 0.15) is 10.4 Å². The van der Waals surface area contributed by atoms with E-state index in [0.717, 1.165) is 5.75 Å². The lowest BCUT2D eigenvalue weighted by Crippen LogP contribution is -2.45. The topological polar surface area (TPSA) is 38.3 Å². The SMILES string of the molecule is COc1ccc(C(=O)N[Si](C)(C)C)cc1. The van der Waals surface area contributed by atoms with Crippen molar-refractivity contribution in [3.63, 3.8) is 0 Å². The summed E-state index contributed by atoms with van der Waals surface area (Å²) in [6.45, 7) is 6.28. The van der Waals surface area contributed by atoms with Crippen LogP contribution in [0, 0.1) is 0 Å². The molecule has 0 radical (unpaired) electrons. The molecule has 1 rings (SSSR count). The number of hydrogen-bond acceptors (Lipinski definition) is 2. The summed E-state index contributed by atoms with van der Waals surface area (Å²) in [4.78, 5) is 14.8. The minimum absolute atomic E-state index is 0.00294. The highest BCUT2D eigenvalue weighted by atomic mass is 28.3. The van der Waals surface area contributed by atoms with Gasteiger partial charge in [-0.2, -0.15) is 0 Å². The number of nitrogens with one attached hydrogen (secondary N) is 1. The van der Waals surface area contributed by atoms with Gasteiger partial charge in [-0.05, 0) is 24.3 Å². The summed E-state index contributed by atoms with van der Waals surface area (Å²) in [6, 6.07) is 7.13. The Labute approximate surface area is 91.5 Å². The van der Waals surface area contributed by atoms with Crippen LogP contribution in [0.25, 0.3) is 0 Å². The van der Waals surface area contributed by atoms with Crippen LogP contribution < -0.4 is 9.72 Å². The van der Waals surface area contributed by atoms with Crippen LogP contribution in [-0.4, -0.2) is 21.3 Å². The molecule has 0 aromatic heterocycles. The Morgan fingerprint density at radius 2 is 1.73 bits per heavy atom. The van der Waals surface area contributed by atoms with Crippen LogP contribution in [0.3, 0.4) is 0 Å². The minimum atomic E-state index is -1.56. The summed E-state index contributed by atoms with van der Waals surface area (Å²) in [5, 5.41) is 0. The molecule has 0 saturated carbocycles. The van der Waals surface area contributed by atoms with Gasteiger partial charge in [0, 0.05) is 5.56 Å². The van der Waals surface area contributed by atoms with Crippen LogP contribution in [0.2, 0.25) is 19.6 Å². The molecule has 3 nitrogen and oxygen atoms in total. The van der Waals surface area contributed by atoms with Crippen molar-refractivity contribution in [2.45, 2.75) is 19.6 Å². The van der Waals surface area contributed by atoms with E-state index in [0.29, 0.717) is 5.56 Å². The summed E-state index contributed by atoms with van der Waals surface area (Å²) in [5.74, 6) is 0.761. The Kier molecular flexibility index (Phi) is 3.52. The van der Waals surface area contributed by atoms with Crippen molar-refractivity contribution >= 4 is 14.1 Å². The van der Waals surface area contributed by atoms with E-state index in [1.165, 1.54) is 0 Å². The molecule has 82 valence electrons. The van der Waals surface area contributed by atoms with Gasteiger partial charge >= 0.3 is 0 Å². The van der Waals surface area contributed by atoms with Crippen molar-refractivity contribution in [1.29, 1.82) is 0 Å². The first-order valence-corrected chi connectivity index (χ1v) is 8.39. The van der Waals surface area contributed by atoms with Crippen LogP contribution in [0.5, 0.6) is 5.75 Å². The molecule has 15 heavy (non-hydrogen) atoms. The van der Waals surface area contributed by atoms with Crippen molar-refractivity contribution < 1.29 is 9.53 Å². The predicted octanol–water partition coefficient (Wildman–Crippen LogP) is 2.26. The summed E-state index contributed by atoms with van der Waals surface area (Å²) in [5.41, 5.74) is 0.679. The lowest BCUT2D eigenvalue weighted by atomic mass is 10.2. The molecule has 4 heteroatoms. The molecule has 1 N–H and O–H groups in total. The average molecular weight is 223 g/mol. The van der Waals surface area contributed by atoms with Gasteiger partial charge in [-0.25, -0.2) is 0 Å². The third-order valence-corrected chi connectivity index (χ3v) is 2.82. The second-order valence-corrected chi connectivity index (χ2v) is 9.18. The molecule has 0 aliphatic carbocycles. The van der Waals surface area contributed by atoms with Gasteiger partial charge in [0.05, 0.1) is 7.11 Å². The van der Waals surface area contributed by atoms with E-state index in [1.54, 1.807) is 31.4 Å². The molecule has 1 amide bonds. The zero-order valence-corrected chi connectivity index (χ0v) is 10.6. The van der Waals surface area contributed by atoms with Gasteiger partial charge in [-0.15, -0.1) is 0 Å². The number of rotatable bonds is 3. The van der Waals surface area contributed by atoms with E-state index >= 15 is 0 Å². The summed E-state index contributed by atoms with van der Waals surface area (Å²) >= 11 is 0. The van der Waals surface area contributed by atoms with Crippen LogP contribution in [0.4, 0.5) is 0 Å². The van der Waals surface area contributed by atoms with Crippen molar-refractivity contribution in [2.24, 2.45) is 0 Å². The number of methoxy groups -OCH3 is 1. The molecular weight excluding hydrogens is 206 g/mol. The normalized spacial score (nSPS) is 10.9. The number of carbonyl (C=O) groups excluding carboxylic acids is 1. The van der Waals surface area contributed by atoms with Gasteiger partial charge in [-0.1, -0.05) is 19.6 Å². The lowest BCUT2D eigenvalue weighted by molar-refractivity contribution is 0.0978. The van der Waals surface area contributed by atoms with E-state index in [2.05, 4.69) is 24.6 Å². The fourth-order valence-electron chi connectivity index (χ4n) is 1.16. The minimum Gasteiger partial charge on any atom is -0.497 e. The lowest BCUT2D eigenvalue weighted by Gasteiger charge is -2.17. The summed E-state index contributed by atoms with van der Waals surface area (Å²) < 4.78 is 5.03. The Hall–Kier alpha value is -1.29. The number of ether oxygens (including phenoxy) is 1. The van der Waals surface area contributed by atoms with Gasteiger partial charge in [-0.3, -0.25) is 4.79 Å². The van der Waals surface area contributed by atoms with E-state index < -0.39 is 8.24 Å². The largest absolute Gasteiger partial charge is 0.497 e. The van der Waals surface area contributed by atoms with Crippen LogP contribution in [0.15, 0.2) is 24.3 Å². The summed E-state index contributed by atoms with van der Waals surface area (Å²) in [6.07, 6.45) is 0. The maximum atomic E-state index is 11.7. The highest BCUT2D eigenvalue weighted by molar-refractivity contribution is 6.76. The van der Waals surface area contributed by atoms with Crippen LogP contribution in [-0.2, 0) is 0 Å². The zero-order valence-electron chi connectivity index (χ0n) is 9.63. The molecule has 0 spiro atoms. The second kappa shape index (κ2) is 4.48. The predicted molar refractivity (Wildman–Crippen MR) is 63.8 cm³/mol. The first-order chi connectivity index (χ1) is 6.92. The van der Waals surface area contributed by atoms with Gasteiger partial charge < -0.3 is 9.72 Å². The molecule has 0 atom stereocenters. The maximum absolute atomic E-state index is 11.7. The molecule has 0 aliphatic heterocycles. The fraction of sp³-hybridized carbons (Fsp3) is 0.364. The Morgan fingerprint density at radius 1 is 1.20 bits per heavy atom. The zero-order chi connectivity index (χ0) is 11.5. The number of carbonyl (C=O) groups is 1. The van der Waals surface area contributed by atoms with Gasteiger partial charge in [0.1, 0.15) is 14.0 Å². The highest BCUT2D eigenvalue weighted by Crippen LogP contribution is 2.11. The molecule has 0 fully saturated rings. The standard InChI is InChI=1S/C11H17NO2Si/c1-14-10-7-5-9(6-8-10)11(13)12-15(2,3)4/h5-8H,1-4H3,(H,12,13). The molecule has 1 aromatic rings. The van der Waals surface area contributed by atoms with E-state index in [4.69, 9.17) is 4.74 Å². The molecule has 0 saturated heterocycles. The maximum Gasteiger partial charge on any atom is 0.243 e. The number of benzene rings is 1. The summed E-state index contributed by atoms with van der Waals surface area (Å²) in [7, 11) is 0.0525. The highest BCUT2D eigenvalue weighted by Gasteiger charge is 2.17. The molecule has 0 unspecified atom stereocenters. The van der Waals surface area contributed by atoms with Crippen molar-refractivity contribution in [2.75, 3.05) is 7.11 Å². The molecule has 0 heterocycles. The molecule has 0 bridgehead atoms. The first kappa shape index (κ1) is 11.8. The average Bonchev–Trinajstić information content (AvgIpc) is 2.15. The monoisotopic (exact) mass is 223 g/mol. The first-order valence-electron chi connectivity index (χ1n) is 4.89. The van der Waals surface area contributed by atoms with E-state index in [-0.39, 0.29) is 5.91 Å². The number of hydrogen-bond donors (Lipinski definition) is 1. The van der Waals surface area contributed by atoms with E-state index in [9.17, 15) is 4.79 Å². The van der Waals surface area contributed by atoms with Crippen molar-refractivity contribution in [3.05, 3.63) is 29.8 Å². The van der Waals surface area contributed by atoms with Gasteiger partial charge in [0.15, 0.2) is 0 Å². The molecule has 1 aromatic carbocycles. The Bertz CT molecular complexity index is 341. The van der Waals surface area contributed by atoms with E-state index in [1.807, 2.05) is 0 Å². The second-order valence-electron chi connectivity index (χ2n) is 4.43. The third kappa shape index (κ3) is 3.75. The quantitative estimate of drug-likeness (QED) is 0.798. The van der Waals surface area contributed by atoms with Crippen molar-refractivity contribution in [3.8, 4) is 5.75 Å². The third-order valence-electron chi connectivity index (χ3n) is 1.84. The van der Waals surface area contributed by atoms with Gasteiger partial charge in [0.25, 0.3) is 0 Å². The number of amides is 1. The molecule has 0 aliphatic rings. The van der Waals surface area contributed by atoms with Crippen LogP contribution >= 0.6 is 0 Å². The van der Waals surface area contributed by atoms with Crippen molar-refractivity contribution in [1.82, 2.24) is 4.98 Å².